The lowest BCUT2D eigenvalue weighted by molar-refractivity contribution is 0.0436. The average Bonchev–Trinajstić information content (AvgIpc) is 3.37. The molecule has 4 aromatic rings. The second-order valence-electron chi connectivity index (χ2n) is 6.88. The van der Waals surface area contributed by atoms with Crippen molar-refractivity contribution in [1.82, 2.24) is 14.9 Å². The van der Waals surface area contributed by atoms with Crippen molar-refractivity contribution in [2.24, 2.45) is 0 Å². The van der Waals surface area contributed by atoms with Crippen molar-refractivity contribution in [2.75, 3.05) is 7.11 Å². The van der Waals surface area contributed by atoms with Gasteiger partial charge in [-0.05, 0) is 36.8 Å². The van der Waals surface area contributed by atoms with Crippen LogP contribution >= 0.6 is 11.6 Å². The number of aryl methyl sites for hydroxylation is 1. The second-order valence-corrected chi connectivity index (χ2v) is 7.24. The molecular weight excluding hydrogens is 418 g/mol. The molecule has 0 saturated heterocycles. The number of hydrogen-bond acceptors (Lipinski definition) is 6. The first-order chi connectivity index (χ1) is 15.0. The lowest BCUT2D eigenvalue weighted by Gasteiger charge is -2.04. The van der Waals surface area contributed by atoms with Crippen LogP contribution in [-0.4, -0.2) is 28.0 Å². The lowest BCUT2D eigenvalue weighted by atomic mass is 10.1. The Morgan fingerprint density at radius 3 is 2.58 bits per heavy atom. The predicted octanol–water partition coefficient (Wildman–Crippen LogP) is 4.91. The summed E-state index contributed by atoms with van der Waals surface area (Å²) in [6.45, 7) is 2.11. The van der Waals surface area contributed by atoms with E-state index in [1.807, 2.05) is 54.6 Å². The second kappa shape index (κ2) is 9.06. The number of carbonyl (C=O) groups excluding carboxylic acids is 1. The van der Waals surface area contributed by atoms with Crippen molar-refractivity contribution in [2.45, 2.75) is 20.1 Å². The van der Waals surface area contributed by atoms with Crippen molar-refractivity contribution in [3.63, 3.8) is 0 Å². The van der Waals surface area contributed by atoms with E-state index in [1.165, 1.54) is 0 Å². The highest BCUT2D eigenvalue weighted by Crippen LogP contribution is 2.24. The van der Waals surface area contributed by atoms with Gasteiger partial charge in [-0.1, -0.05) is 47.1 Å². The largest absolute Gasteiger partial charge is 0.497 e. The van der Waals surface area contributed by atoms with E-state index in [4.69, 9.17) is 25.6 Å². The van der Waals surface area contributed by atoms with E-state index in [9.17, 15) is 4.79 Å². The summed E-state index contributed by atoms with van der Waals surface area (Å²) in [7, 11) is 1.61. The summed E-state index contributed by atoms with van der Waals surface area (Å²) in [6, 6.07) is 18.9. The molecule has 0 unspecified atom stereocenters. The highest BCUT2D eigenvalue weighted by Gasteiger charge is 2.22. The number of halogens is 1. The van der Waals surface area contributed by atoms with Crippen LogP contribution in [0.5, 0.6) is 5.75 Å². The predicted molar refractivity (Wildman–Crippen MR) is 115 cm³/mol. The third kappa shape index (κ3) is 4.62. The van der Waals surface area contributed by atoms with Crippen molar-refractivity contribution >= 4 is 17.6 Å². The van der Waals surface area contributed by atoms with Crippen LogP contribution in [0.2, 0.25) is 5.15 Å². The van der Waals surface area contributed by atoms with E-state index in [0.29, 0.717) is 23.7 Å². The third-order valence-electron chi connectivity index (χ3n) is 4.73. The van der Waals surface area contributed by atoms with Crippen LogP contribution in [0.15, 0.2) is 65.2 Å². The Morgan fingerprint density at radius 1 is 1.13 bits per heavy atom. The molecule has 31 heavy (non-hydrogen) atoms. The molecule has 0 bridgehead atoms. The number of esters is 1. The Kier molecular flexibility index (Phi) is 6.04. The molecule has 0 aliphatic rings. The number of rotatable bonds is 7. The van der Waals surface area contributed by atoms with Gasteiger partial charge in [0, 0.05) is 11.6 Å². The van der Waals surface area contributed by atoms with Crippen LogP contribution < -0.4 is 4.74 Å². The van der Waals surface area contributed by atoms with Gasteiger partial charge in [-0.2, -0.15) is 5.10 Å². The van der Waals surface area contributed by atoms with Gasteiger partial charge in [0.1, 0.15) is 22.2 Å². The maximum absolute atomic E-state index is 12.6. The van der Waals surface area contributed by atoms with Gasteiger partial charge in [-0.3, -0.25) is 0 Å². The number of nitrogens with zero attached hydrogens (tertiary/aromatic N) is 3. The fraction of sp³-hybridized carbons (Fsp3) is 0.174. The Morgan fingerprint density at radius 2 is 1.87 bits per heavy atom. The molecule has 0 spiro atoms. The first kappa shape index (κ1) is 20.7. The van der Waals surface area contributed by atoms with E-state index >= 15 is 0 Å². The summed E-state index contributed by atoms with van der Waals surface area (Å²) < 4.78 is 17.4. The van der Waals surface area contributed by atoms with E-state index in [1.54, 1.807) is 24.8 Å². The van der Waals surface area contributed by atoms with Crippen LogP contribution in [-0.2, 0) is 17.9 Å². The van der Waals surface area contributed by atoms with Gasteiger partial charge in [0.2, 0.25) is 0 Å². The monoisotopic (exact) mass is 437 g/mol. The zero-order valence-corrected chi connectivity index (χ0v) is 17.8. The lowest BCUT2D eigenvalue weighted by Crippen LogP contribution is -2.07. The van der Waals surface area contributed by atoms with E-state index in [0.717, 1.165) is 16.9 Å². The molecule has 0 fully saturated rings. The highest BCUT2D eigenvalue weighted by atomic mass is 35.5. The molecular formula is C23H20ClN3O4. The Bertz CT molecular complexity index is 1180. The zero-order chi connectivity index (χ0) is 21.8. The van der Waals surface area contributed by atoms with Gasteiger partial charge in [0.25, 0.3) is 0 Å². The quantitative estimate of drug-likeness (QED) is 0.382. The Labute approximate surface area is 184 Å². The molecule has 158 valence electrons. The molecule has 0 atom stereocenters. The molecule has 0 N–H and O–H groups in total. The normalized spacial score (nSPS) is 10.8. The number of carbonyl (C=O) groups is 1. The molecule has 2 aromatic carbocycles. The molecule has 4 rings (SSSR count). The van der Waals surface area contributed by atoms with Gasteiger partial charge in [0.05, 0.1) is 19.3 Å². The van der Waals surface area contributed by atoms with Gasteiger partial charge in [-0.25, -0.2) is 9.48 Å². The minimum atomic E-state index is -0.566. The summed E-state index contributed by atoms with van der Waals surface area (Å²) in [5.41, 5.74) is 3.27. The van der Waals surface area contributed by atoms with Gasteiger partial charge >= 0.3 is 5.97 Å². The summed E-state index contributed by atoms with van der Waals surface area (Å²) in [4.78, 5) is 12.6. The Balaban J connectivity index is 1.43. The van der Waals surface area contributed by atoms with Gasteiger partial charge in [0.15, 0.2) is 12.4 Å². The van der Waals surface area contributed by atoms with E-state index in [-0.39, 0.29) is 17.3 Å². The van der Waals surface area contributed by atoms with Gasteiger partial charge in [-0.15, -0.1) is 0 Å². The van der Waals surface area contributed by atoms with E-state index in [2.05, 4.69) is 10.3 Å². The zero-order valence-electron chi connectivity index (χ0n) is 17.0. The van der Waals surface area contributed by atoms with Crippen molar-refractivity contribution in [1.29, 1.82) is 0 Å². The van der Waals surface area contributed by atoms with Crippen LogP contribution in [0.4, 0.5) is 0 Å². The Hall–Kier alpha value is -3.58. The smallest absolute Gasteiger partial charge is 0.343 e. The number of hydrogen-bond donors (Lipinski definition) is 0. The fourth-order valence-electron chi connectivity index (χ4n) is 3.13. The van der Waals surface area contributed by atoms with Crippen LogP contribution in [0, 0.1) is 6.92 Å². The first-order valence-electron chi connectivity index (χ1n) is 9.59. The number of ether oxygens (including phenoxy) is 2. The molecule has 7 nitrogen and oxygen atoms in total. The summed E-state index contributed by atoms with van der Waals surface area (Å²) in [5, 5.41) is 8.65. The van der Waals surface area contributed by atoms with E-state index < -0.39 is 5.97 Å². The maximum Gasteiger partial charge on any atom is 0.343 e. The van der Waals surface area contributed by atoms with Crippen molar-refractivity contribution in [3.8, 4) is 17.0 Å². The van der Waals surface area contributed by atoms with Gasteiger partial charge < -0.3 is 14.0 Å². The molecule has 8 heteroatoms. The summed E-state index contributed by atoms with van der Waals surface area (Å²) in [6.07, 6.45) is 0. The SMILES string of the molecule is COc1ccc(-c2cc(COC(=O)c3c(C)nn(Cc4ccccc4)c3Cl)on2)cc1. The van der Waals surface area contributed by atoms with Crippen LogP contribution in [0.25, 0.3) is 11.3 Å². The molecule has 2 aromatic heterocycles. The van der Waals surface area contributed by atoms with Crippen LogP contribution in [0.3, 0.4) is 0 Å². The molecule has 0 radical (unpaired) electrons. The fourth-order valence-corrected chi connectivity index (χ4v) is 3.45. The van der Waals surface area contributed by atoms with Crippen molar-refractivity contribution in [3.05, 3.63) is 88.4 Å². The van der Waals surface area contributed by atoms with Crippen LogP contribution in [0.1, 0.15) is 27.4 Å². The minimum absolute atomic E-state index is 0.0678. The highest BCUT2D eigenvalue weighted by molar-refractivity contribution is 6.32. The number of aromatic nitrogens is 3. The topological polar surface area (TPSA) is 79.4 Å². The average molecular weight is 438 g/mol. The molecule has 0 amide bonds. The molecule has 0 aliphatic heterocycles. The summed E-state index contributed by atoms with van der Waals surface area (Å²) >= 11 is 6.42. The van der Waals surface area contributed by atoms with Crippen molar-refractivity contribution < 1.29 is 18.8 Å². The standard InChI is InChI=1S/C23H20ClN3O4/c1-15-21(22(24)27(25-15)13-16-6-4-3-5-7-16)23(28)30-14-19-12-20(26-31-19)17-8-10-18(29-2)11-9-17/h3-12H,13-14H2,1-2H3. The summed E-state index contributed by atoms with van der Waals surface area (Å²) in [5.74, 6) is 0.607. The maximum atomic E-state index is 12.6. The minimum Gasteiger partial charge on any atom is -0.497 e. The number of methoxy groups -OCH3 is 1. The molecule has 2 heterocycles. The molecule has 0 aliphatic carbocycles. The third-order valence-corrected chi connectivity index (χ3v) is 5.12. The first-order valence-corrected chi connectivity index (χ1v) is 9.97. The molecule has 0 saturated carbocycles. The number of benzene rings is 2.